The van der Waals surface area contributed by atoms with Crippen molar-refractivity contribution in [3.63, 3.8) is 0 Å². The van der Waals surface area contributed by atoms with Gasteiger partial charge >= 0.3 is 5.97 Å². The van der Waals surface area contributed by atoms with E-state index in [-0.39, 0.29) is 23.9 Å². The summed E-state index contributed by atoms with van der Waals surface area (Å²) in [6, 6.07) is 22.1. The number of non-ortho nitro benzene ring substituents is 1. The molecule has 0 aliphatic carbocycles. The number of nitro groups is 1. The Bertz CT molecular complexity index is 1310. The van der Waals surface area contributed by atoms with Crippen LogP contribution < -0.4 is 10.5 Å². The Morgan fingerprint density at radius 1 is 1.00 bits per heavy atom. The molecule has 0 aliphatic heterocycles. The predicted molar refractivity (Wildman–Crippen MR) is 116 cm³/mol. The monoisotopic (exact) mass is 431 g/mol. The topological polar surface area (TPSA) is 130 Å². The summed E-state index contributed by atoms with van der Waals surface area (Å²) < 4.78 is 11.2. The number of carbonyl (C=O) groups is 1. The molecule has 0 saturated carbocycles. The minimum atomic E-state index is -0.841. The summed E-state index contributed by atoms with van der Waals surface area (Å²) in [6.45, 7) is 0.125. The lowest BCUT2D eigenvalue weighted by Gasteiger charge is -2.05. The standard InChI is InChI=1S/C23H17N3O6/c24-22(16-5-8-18(9-6-16)26(28)29)25-32-23(27)21-12-11-20(31-21)14-30-19-10-7-15-3-1-2-4-17(15)13-19/h1-13H,14H2,(H2,24,25). The van der Waals surface area contributed by atoms with Crippen molar-refractivity contribution in [2.24, 2.45) is 10.9 Å². The molecule has 0 amide bonds. The van der Waals surface area contributed by atoms with Crippen molar-refractivity contribution >= 4 is 28.3 Å². The molecule has 0 bridgehead atoms. The van der Waals surface area contributed by atoms with E-state index < -0.39 is 10.9 Å². The normalized spacial score (nSPS) is 11.3. The number of carbonyl (C=O) groups excluding carboxylic acids is 1. The molecule has 0 atom stereocenters. The molecule has 4 rings (SSSR count). The zero-order valence-electron chi connectivity index (χ0n) is 16.6. The molecule has 0 fully saturated rings. The van der Waals surface area contributed by atoms with Gasteiger partial charge in [0.15, 0.2) is 5.84 Å². The van der Waals surface area contributed by atoms with Crippen molar-refractivity contribution in [1.29, 1.82) is 0 Å². The van der Waals surface area contributed by atoms with Gasteiger partial charge in [-0.3, -0.25) is 10.1 Å². The fraction of sp³-hybridized carbons (Fsp3) is 0.0435. The maximum Gasteiger partial charge on any atom is 0.400 e. The number of ether oxygens (including phenoxy) is 1. The van der Waals surface area contributed by atoms with Crippen molar-refractivity contribution in [3.8, 4) is 5.75 Å². The van der Waals surface area contributed by atoms with Crippen LogP contribution >= 0.6 is 0 Å². The van der Waals surface area contributed by atoms with Crippen molar-refractivity contribution in [2.45, 2.75) is 6.61 Å². The van der Waals surface area contributed by atoms with Crippen LogP contribution in [0.25, 0.3) is 10.8 Å². The lowest BCUT2D eigenvalue weighted by Crippen LogP contribution is -2.15. The van der Waals surface area contributed by atoms with Crippen molar-refractivity contribution < 1.29 is 23.7 Å². The van der Waals surface area contributed by atoms with E-state index in [4.69, 9.17) is 19.7 Å². The van der Waals surface area contributed by atoms with Crippen LogP contribution in [-0.2, 0) is 11.4 Å². The van der Waals surface area contributed by atoms with E-state index in [1.807, 2.05) is 42.5 Å². The molecule has 0 saturated heterocycles. The summed E-state index contributed by atoms with van der Waals surface area (Å²) >= 11 is 0. The van der Waals surface area contributed by atoms with E-state index in [9.17, 15) is 14.9 Å². The number of nitrogens with two attached hydrogens (primary N) is 1. The first-order chi connectivity index (χ1) is 15.5. The molecule has 3 aromatic carbocycles. The van der Waals surface area contributed by atoms with E-state index in [0.717, 1.165) is 10.8 Å². The maximum atomic E-state index is 12.1. The predicted octanol–water partition coefficient (Wildman–Crippen LogP) is 4.40. The molecule has 160 valence electrons. The number of oxime groups is 1. The summed E-state index contributed by atoms with van der Waals surface area (Å²) in [5.74, 6) is 0.0796. The second-order valence-electron chi connectivity index (χ2n) is 6.72. The average molecular weight is 431 g/mol. The molecular weight excluding hydrogens is 414 g/mol. The molecule has 9 nitrogen and oxygen atoms in total. The third-order valence-electron chi connectivity index (χ3n) is 4.57. The summed E-state index contributed by atoms with van der Waals surface area (Å²) in [4.78, 5) is 27.1. The number of amidine groups is 1. The van der Waals surface area contributed by atoms with Gasteiger partial charge in [-0.05, 0) is 47.2 Å². The lowest BCUT2D eigenvalue weighted by molar-refractivity contribution is -0.384. The zero-order valence-corrected chi connectivity index (χ0v) is 16.6. The van der Waals surface area contributed by atoms with Gasteiger partial charge in [0.05, 0.1) is 4.92 Å². The molecule has 0 radical (unpaired) electrons. The van der Waals surface area contributed by atoms with Gasteiger partial charge in [0.2, 0.25) is 5.76 Å². The Labute approximate surface area is 181 Å². The zero-order chi connectivity index (χ0) is 22.5. The Morgan fingerprint density at radius 2 is 1.75 bits per heavy atom. The van der Waals surface area contributed by atoms with E-state index in [1.165, 1.54) is 30.3 Å². The first kappa shape index (κ1) is 20.6. The van der Waals surface area contributed by atoms with Crippen LogP contribution in [0.3, 0.4) is 0 Å². The van der Waals surface area contributed by atoms with E-state index in [0.29, 0.717) is 17.1 Å². The van der Waals surface area contributed by atoms with Crippen LogP contribution in [0, 0.1) is 10.1 Å². The van der Waals surface area contributed by atoms with Gasteiger partial charge in [-0.25, -0.2) is 4.79 Å². The summed E-state index contributed by atoms with van der Waals surface area (Å²) in [5.41, 5.74) is 6.03. The Morgan fingerprint density at radius 3 is 2.50 bits per heavy atom. The third kappa shape index (κ3) is 4.73. The van der Waals surface area contributed by atoms with Crippen LogP contribution in [0.2, 0.25) is 0 Å². The quantitative estimate of drug-likeness (QED) is 0.151. The smallest absolute Gasteiger partial charge is 0.400 e. The van der Waals surface area contributed by atoms with Crippen molar-refractivity contribution in [2.75, 3.05) is 0 Å². The Hall–Kier alpha value is -4.66. The molecule has 0 spiro atoms. The summed E-state index contributed by atoms with van der Waals surface area (Å²) in [7, 11) is 0. The highest BCUT2D eigenvalue weighted by molar-refractivity contribution is 5.98. The minimum absolute atomic E-state index is 0.0673. The summed E-state index contributed by atoms with van der Waals surface area (Å²) in [5, 5.41) is 16.4. The van der Waals surface area contributed by atoms with Gasteiger partial charge in [0, 0.05) is 17.7 Å². The van der Waals surface area contributed by atoms with Gasteiger partial charge in [-0.2, -0.15) is 0 Å². The number of rotatable bonds is 7. The van der Waals surface area contributed by atoms with Gasteiger partial charge in [-0.1, -0.05) is 35.5 Å². The molecule has 2 N–H and O–H groups in total. The maximum absolute atomic E-state index is 12.1. The highest BCUT2D eigenvalue weighted by Gasteiger charge is 2.14. The second-order valence-corrected chi connectivity index (χ2v) is 6.72. The molecular formula is C23H17N3O6. The number of fused-ring (bicyclic) bond motifs is 1. The molecule has 0 unspecified atom stereocenters. The largest absolute Gasteiger partial charge is 0.486 e. The van der Waals surface area contributed by atoms with Crippen LogP contribution in [0.1, 0.15) is 21.9 Å². The fourth-order valence-corrected chi connectivity index (χ4v) is 2.92. The molecule has 0 aliphatic rings. The molecule has 9 heteroatoms. The first-order valence-corrected chi connectivity index (χ1v) is 9.49. The summed E-state index contributed by atoms with van der Waals surface area (Å²) in [6.07, 6.45) is 0. The van der Waals surface area contributed by atoms with Gasteiger partial charge in [-0.15, -0.1) is 0 Å². The van der Waals surface area contributed by atoms with Crippen molar-refractivity contribution in [3.05, 3.63) is 106 Å². The molecule has 1 aromatic heterocycles. The Balaban J connectivity index is 1.35. The van der Waals surface area contributed by atoms with E-state index in [2.05, 4.69) is 5.16 Å². The highest BCUT2D eigenvalue weighted by Crippen LogP contribution is 2.22. The van der Waals surface area contributed by atoms with Gasteiger partial charge in [0.25, 0.3) is 5.69 Å². The third-order valence-corrected chi connectivity index (χ3v) is 4.57. The lowest BCUT2D eigenvalue weighted by atomic mass is 10.1. The van der Waals surface area contributed by atoms with Crippen molar-refractivity contribution in [1.82, 2.24) is 0 Å². The fourth-order valence-electron chi connectivity index (χ4n) is 2.92. The van der Waals surface area contributed by atoms with Gasteiger partial charge in [0.1, 0.15) is 18.1 Å². The highest BCUT2D eigenvalue weighted by atomic mass is 16.7. The Kier molecular flexibility index (Phi) is 5.80. The number of furan rings is 1. The first-order valence-electron chi connectivity index (χ1n) is 9.49. The van der Waals surface area contributed by atoms with Crippen LogP contribution in [-0.4, -0.2) is 16.7 Å². The number of benzene rings is 3. The van der Waals surface area contributed by atoms with Crippen LogP contribution in [0.15, 0.2) is 88.4 Å². The number of hydrogen-bond acceptors (Lipinski definition) is 7. The van der Waals surface area contributed by atoms with Gasteiger partial charge < -0.3 is 19.7 Å². The van der Waals surface area contributed by atoms with E-state index >= 15 is 0 Å². The SMILES string of the molecule is N/C(=N\OC(=O)c1ccc(COc2ccc3ccccc3c2)o1)c1ccc([N+](=O)[O-])cc1. The molecule has 32 heavy (non-hydrogen) atoms. The molecule has 1 heterocycles. The molecule has 4 aromatic rings. The van der Waals surface area contributed by atoms with Crippen LogP contribution in [0.5, 0.6) is 5.75 Å². The second kappa shape index (κ2) is 9.00. The number of nitrogens with zero attached hydrogens (tertiary/aromatic N) is 2. The number of nitro benzene ring substituents is 1. The van der Waals surface area contributed by atoms with E-state index in [1.54, 1.807) is 6.07 Å². The minimum Gasteiger partial charge on any atom is -0.486 e. The number of hydrogen-bond donors (Lipinski definition) is 1. The van der Waals surface area contributed by atoms with Crippen LogP contribution in [0.4, 0.5) is 5.69 Å². The average Bonchev–Trinajstić information content (AvgIpc) is 3.30.